The van der Waals surface area contributed by atoms with Crippen molar-refractivity contribution in [1.82, 2.24) is 14.7 Å². The summed E-state index contributed by atoms with van der Waals surface area (Å²) in [5.41, 5.74) is 15.2. The van der Waals surface area contributed by atoms with E-state index in [4.69, 9.17) is 23.1 Å². The van der Waals surface area contributed by atoms with E-state index in [0.29, 0.717) is 48.2 Å². The van der Waals surface area contributed by atoms with Crippen molar-refractivity contribution >= 4 is 28.1 Å². The van der Waals surface area contributed by atoms with E-state index in [1.165, 1.54) is 0 Å². The number of aryl methyl sites for hydroxylation is 1. The molecule has 0 spiro atoms. The van der Waals surface area contributed by atoms with Crippen molar-refractivity contribution in [3.63, 3.8) is 0 Å². The molecule has 0 bridgehead atoms. The molecule has 0 aliphatic carbocycles. The zero-order valence-corrected chi connectivity index (χ0v) is 15.0. The highest BCUT2D eigenvalue weighted by Gasteiger charge is 2.23. The van der Waals surface area contributed by atoms with Gasteiger partial charge in [0, 0.05) is 19.6 Å². The Hall–Kier alpha value is -2.05. The number of nitrogens with two attached hydrogens (primary N) is 2. The first-order valence-electron chi connectivity index (χ1n) is 8.37. The molecule has 1 aromatic heterocycles. The van der Waals surface area contributed by atoms with Gasteiger partial charge in [-0.2, -0.15) is 5.10 Å². The van der Waals surface area contributed by atoms with Crippen molar-refractivity contribution < 1.29 is 4.39 Å². The molecule has 2 aromatic rings. The van der Waals surface area contributed by atoms with Crippen molar-refractivity contribution in [1.29, 1.82) is 0 Å². The first kappa shape index (κ1) is 17.8. The van der Waals surface area contributed by atoms with Gasteiger partial charge in [0.25, 0.3) is 0 Å². The molecule has 1 aliphatic heterocycles. The van der Waals surface area contributed by atoms with Crippen LogP contribution in [0.3, 0.4) is 0 Å². The van der Waals surface area contributed by atoms with E-state index >= 15 is 0 Å². The standard InChI is InChI=1S/C18H23ClFN5/c1-12-15(16(19)17(21)13-5-3-2-4-6-13)18(22)25(23-12)10-9-24-8-7-14(20)11-24/h2-6,14H,7-11,21-22H2,1H3/b17-16+. The first-order valence-corrected chi connectivity index (χ1v) is 8.75. The molecule has 4 N–H and O–H groups in total. The van der Waals surface area contributed by atoms with E-state index in [9.17, 15) is 4.39 Å². The Bertz CT molecular complexity index is 771. The second kappa shape index (κ2) is 7.45. The number of alkyl halides is 1. The molecule has 1 fully saturated rings. The van der Waals surface area contributed by atoms with Crippen LogP contribution in [0.25, 0.3) is 10.7 Å². The number of aromatic nitrogens is 2. The maximum absolute atomic E-state index is 13.3. The monoisotopic (exact) mass is 363 g/mol. The molecule has 134 valence electrons. The first-order chi connectivity index (χ1) is 12.0. The van der Waals surface area contributed by atoms with E-state index in [1.807, 2.05) is 37.3 Å². The maximum atomic E-state index is 13.3. The third-order valence-electron chi connectivity index (χ3n) is 4.55. The van der Waals surface area contributed by atoms with E-state index in [0.717, 1.165) is 17.8 Å². The molecule has 25 heavy (non-hydrogen) atoms. The summed E-state index contributed by atoms with van der Waals surface area (Å²) in [6.07, 6.45) is -0.128. The van der Waals surface area contributed by atoms with Gasteiger partial charge >= 0.3 is 0 Å². The second-order valence-corrected chi connectivity index (χ2v) is 6.73. The Morgan fingerprint density at radius 1 is 1.32 bits per heavy atom. The Balaban J connectivity index is 1.82. The summed E-state index contributed by atoms with van der Waals surface area (Å²) in [4.78, 5) is 2.08. The third kappa shape index (κ3) is 3.80. The van der Waals surface area contributed by atoms with Crippen LogP contribution in [0.15, 0.2) is 30.3 Å². The van der Waals surface area contributed by atoms with Crippen LogP contribution in [0.5, 0.6) is 0 Å². The van der Waals surface area contributed by atoms with Gasteiger partial charge in [0.2, 0.25) is 0 Å². The topological polar surface area (TPSA) is 73.1 Å². The van der Waals surface area contributed by atoms with Gasteiger partial charge < -0.3 is 11.5 Å². The van der Waals surface area contributed by atoms with Gasteiger partial charge in [-0.1, -0.05) is 41.9 Å². The van der Waals surface area contributed by atoms with Crippen LogP contribution in [-0.4, -0.2) is 40.5 Å². The molecule has 1 aromatic carbocycles. The number of nitrogen functional groups attached to an aromatic ring is 1. The molecule has 0 saturated carbocycles. The van der Waals surface area contributed by atoms with Gasteiger partial charge in [-0.3, -0.25) is 4.90 Å². The minimum Gasteiger partial charge on any atom is -0.397 e. The van der Waals surface area contributed by atoms with Crippen LogP contribution in [0.1, 0.15) is 23.2 Å². The Kier molecular flexibility index (Phi) is 5.30. The van der Waals surface area contributed by atoms with Crippen molar-refractivity contribution in [3.05, 3.63) is 47.2 Å². The number of rotatable bonds is 5. The van der Waals surface area contributed by atoms with Gasteiger partial charge in [0.1, 0.15) is 12.0 Å². The predicted octanol–water partition coefficient (Wildman–Crippen LogP) is 2.84. The minimum atomic E-state index is -0.727. The highest BCUT2D eigenvalue weighted by atomic mass is 35.5. The van der Waals surface area contributed by atoms with E-state index < -0.39 is 6.17 Å². The normalized spacial score (nSPS) is 19.2. The van der Waals surface area contributed by atoms with Crippen molar-refractivity contribution in [3.8, 4) is 0 Å². The summed E-state index contributed by atoms with van der Waals surface area (Å²) >= 11 is 6.52. The van der Waals surface area contributed by atoms with Crippen LogP contribution < -0.4 is 11.5 Å². The lowest BCUT2D eigenvalue weighted by atomic mass is 10.1. The average molecular weight is 364 g/mol. The molecule has 0 radical (unpaired) electrons. The maximum Gasteiger partial charge on any atom is 0.130 e. The van der Waals surface area contributed by atoms with Crippen molar-refractivity contribution in [2.24, 2.45) is 5.73 Å². The third-order valence-corrected chi connectivity index (χ3v) is 4.94. The number of nitrogens with zero attached hydrogens (tertiary/aromatic N) is 3. The largest absolute Gasteiger partial charge is 0.397 e. The van der Waals surface area contributed by atoms with Gasteiger partial charge in [-0.05, 0) is 18.9 Å². The Labute approximate surface area is 152 Å². The van der Waals surface area contributed by atoms with Crippen LogP contribution in [-0.2, 0) is 6.54 Å². The van der Waals surface area contributed by atoms with Gasteiger partial charge in [0.15, 0.2) is 0 Å². The molecule has 7 heteroatoms. The highest BCUT2D eigenvalue weighted by Crippen LogP contribution is 2.32. The zero-order chi connectivity index (χ0) is 18.0. The molecule has 1 aliphatic rings. The smallest absolute Gasteiger partial charge is 0.130 e. The summed E-state index contributed by atoms with van der Waals surface area (Å²) in [6.45, 7) is 4.41. The number of hydrogen-bond donors (Lipinski definition) is 2. The lowest BCUT2D eigenvalue weighted by Crippen LogP contribution is -2.26. The quantitative estimate of drug-likeness (QED) is 0.856. The summed E-state index contributed by atoms with van der Waals surface area (Å²) in [6, 6.07) is 9.52. The fourth-order valence-electron chi connectivity index (χ4n) is 3.14. The molecule has 1 saturated heterocycles. The van der Waals surface area contributed by atoms with Crippen LogP contribution in [0.2, 0.25) is 0 Å². The predicted molar refractivity (Wildman–Crippen MR) is 101 cm³/mol. The van der Waals surface area contributed by atoms with Crippen molar-refractivity contribution in [2.45, 2.75) is 26.1 Å². The minimum absolute atomic E-state index is 0.400. The van der Waals surface area contributed by atoms with Gasteiger partial charge in [0.05, 0.1) is 28.5 Å². The number of benzene rings is 1. The molecule has 1 unspecified atom stereocenters. The van der Waals surface area contributed by atoms with E-state index in [1.54, 1.807) is 4.68 Å². The summed E-state index contributed by atoms with van der Waals surface area (Å²) < 4.78 is 15.0. The SMILES string of the molecule is Cc1nn(CCN2CCC(F)C2)c(N)c1/C(Cl)=C(\N)c1ccccc1. The molecular weight excluding hydrogens is 341 g/mol. The number of likely N-dealkylation sites (tertiary alicyclic amines) is 1. The van der Waals surface area contributed by atoms with Gasteiger partial charge in [-0.25, -0.2) is 9.07 Å². The number of hydrogen-bond acceptors (Lipinski definition) is 4. The fourth-order valence-corrected chi connectivity index (χ4v) is 3.49. The lowest BCUT2D eigenvalue weighted by Gasteiger charge is -2.15. The highest BCUT2D eigenvalue weighted by molar-refractivity contribution is 6.53. The summed E-state index contributed by atoms with van der Waals surface area (Å²) in [7, 11) is 0. The zero-order valence-electron chi connectivity index (χ0n) is 14.3. The average Bonchev–Trinajstić information content (AvgIpc) is 3.15. The summed E-state index contributed by atoms with van der Waals surface area (Å²) in [5, 5.41) is 4.88. The Morgan fingerprint density at radius 3 is 2.68 bits per heavy atom. The fraction of sp³-hybridized carbons (Fsp3) is 0.389. The molecule has 5 nitrogen and oxygen atoms in total. The second-order valence-electron chi connectivity index (χ2n) is 6.35. The summed E-state index contributed by atoms with van der Waals surface area (Å²) in [5.74, 6) is 0.484. The molecule has 0 amide bonds. The van der Waals surface area contributed by atoms with E-state index in [-0.39, 0.29) is 0 Å². The van der Waals surface area contributed by atoms with Crippen LogP contribution in [0.4, 0.5) is 10.2 Å². The van der Waals surface area contributed by atoms with E-state index in [2.05, 4.69) is 10.00 Å². The lowest BCUT2D eigenvalue weighted by molar-refractivity contribution is 0.276. The molecule has 2 heterocycles. The molecule has 3 rings (SSSR count). The number of anilines is 1. The van der Waals surface area contributed by atoms with Crippen LogP contribution >= 0.6 is 11.6 Å². The Morgan fingerprint density at radius 2 is 2.04 bits per heavy atom. The molecule has 1 atom stereocenters. The van der Waals surface area contributed by atoms with Crippen molar-refractivity contribution in [2.75, 3.05) is 25.4 Å². The van der Waals surface area contributed by atoms with Crippen LogP contribution in [0, 0.1) is 6.92 Å². The number of halogens is 2. The molecular formula is C18H23ClFN5. The van der Waals surface area contributed by atoms with Gasteiger partial charge in [-0.15, -0.1) is 0 Å².